The molecule has 2 aromatic rings. The summed E-state index contributed by atoms with van der Waals surface area (Å²) in [6, 6.07) is 11.0. The number of fused-ring (bicyclic) bond motifs is 1. The van der Waals surface area contributed by atoms with E-state index in [1.165, 1.54) is 48.5 Å². The van der Waals surface area contributed by atoms with Crippen molar-refractivity contribution >= 4 is 72.5 Å². The molecule has 1 saturated carbocycles. The molecule has 0 spiro atoms. The van der Waals surface area contributed by atoms with Gasteiger partial charge in [-0.3, -0.25) is 10.2 Å². The fourth-order valence-corrected chi connectivity index (χ4v) is 7.26. The average Bonchev–Trinajstić information content (AvgIpc) is 3.33. The van der Waals surface area contributed by atoms with Crippen LogP contribution in [0.1, 0.15) is 37.7 Å². The number of rotatable bonds is 6. The topological polar surface area (TPSA) is 121 Å². The Balaban J connectivity index is 1.43. The summed E-state index contributed by atoms with van der Waals surface area (Å²) in [5.41, 5.74) is 0.613. The molecule has 0 unspecified atom stereocenters. The largest absolute Gasteiger partial charge is 0.493 e. The lowest BCUT2D eigenvalue weighted by Crippen LogP contribution is -2.35. The van der Waals surface area contributed by atoms with E-state index in [1.807, 2.05) is 22.6 Å². The minimum absolute atomic E-state index is 0.0191. The van der Waals surface area contributed by atoms with Crippen LogP contribution in [0.4, 0.5) is 0 Å². The maximum atomic E-state index is 12.9. The van der Waals surface area contributed by atoms with Crippen LogP contribution in [0, 0.1) is 14.9 Å². The number of hydrogen-bond acceptors (Lipinski definition) is 8. The molecule has 0 saturated heterocycles. The molecule has 2 aromatic carbocycles. The Morgan fingerprint density at radius 3 is 2.59 bits per heavy atom. The third-order valence-electron chi connectivity index (χ3n) is 6.21. The van der Waals surface area contributed by atoms with Crippen LogP contribution >= 0.6 is 34.4 Å². The summed E-state index contributed by atoms with van der Waals surface area (Å²) in [4.78, 5) is 17.1. The Bertz CT molecular complexity index is 1470. The second-order valence-corrected chi connectivity index (χ2v) is 12.4. The average molecular weight is 651 g/mol. The number of nitrogens with zero attached hydrogens (tertiary/aromatic N) is 3. The highest BCUT2D eigenvalue weighted by Crippen LogP contribution is 2.38. The molecule has 192 valence electrons. The van der Waals surface area contributed by atoms with Gasteiger partial charge in [-0.2, -0.15) is 23.5 Å². The Hall–Kier alpha value is -2.71. The number of hydrogen-bond donors (Lipinski definition) is 1. The first-order valence-electron chi connectivity index (χ1n) is 11.6. The highest BCUT2D eigenvalue weighted by Gasteiger charge is 2.38. The number of aliphatic imine (C=N–C) groups is 1. The lowest BCUT2D eigenvalue weighted by molar-refractivity contribution is -0.114. The molecule has 2 aliphatic heterocycles. The Labute approximate surface area is 232 Å². The lowest BCUT2D eigenvalue weighted by Gasteiger charge is -2.20. The van der Waals surface area contributed by atoms with Crippen LogP contribution in [0.5, 0.6) is 11.5 Å². The highest BCUT2D eigenvalue weighted by molar-refractivity contribution is 14.1. The summed E-state index contributed by atoms with van der Waals surface area (Å²) in [6.45, 7) is 0. The fourth-order valence-electron chi connectivity index (χ4n) is 4.34. The smallest absolute Gasteiger partial charge is 0.339 e. The molecule has 1 aliphatic carbocycles. The number of hydrazone groups is 1. The van der Waals surface area contributed by atoms with Gasteiger partial charge in [-0.1, -0.05) is 37.5 Å². The van der Waals surface area contributed by atoms with Gasteiger partial charge >= 0.3 is 10.1 Å². The predicted molar refractivity (Wildman–Crippen MR) is 152 cm³/mol. The molecule has 2 heterocycles. The van der Waals surface area contributed by atoms with Crippen molar-refractivity contribution in [1.29, 1.82) is 5.41 Å². The van der Waals surface area contributed by atoms with Crippen LogP contribution in [-0.4, -0.2) is 42.5 Å². The summed E-state index contributed by atoms with van der Waals surface area (Å²) >= 11 is 3.32. The van der Waals surface area contributed by atoms with Gasteiger partial charge in [0.05, 0.1) is 16.3 Å². The highest BCUT2D eigenvalue weighted by atomic mass is 127. The molecule has 37 heavy (non-hydrogen) atoms. The van der Waals surface area contributed by atoms with Crippen molar-refractivity contribution in [3.8, 4) is 11.5 Å². The van der Waals surface area contributed by atoms with Crippen molar-refractivity contribution in [3.05, 3.63) is 57.2 Å². The normalized spacial score (nSPS) is 19.5. The van der Waals surface area contributed by atoms with Crippen molar-refractivity contribution < 1.29 is 22.1 Å². The SMILES string of the molecule is COc1cc(/C=C2/C(=N)N3N=C(C4CCCCC4)SC3=NC2=O)cc(I)c1OS(=O)(=O)c1ccccc1. The number of amidine groups is 2. The number of halogens is 1. The number of methoxy groups -OCH3 is 1. The first kappa shape index (κ1) is 25.9. The summed E-state index contributed by atoms with van der Waals surface area (Å²) in [6.07, 6.45) is 7.19. The van der Waals surface area contributed by atoms with Crippen molar-refractivity contribution in [2.24, 2.45) is 16.0 Å². The van der Waals surface area contributed by atoms with Gasteiger partial charge in [-0.25, -0.2) is 0 Å². The summed E-state index contributed by atoms with van der Waals surface area (Å²) in [5, 5.41) is 16.0. The molecule has 3 aliphatic rings. The molecule has 0 radical (unpaired) electrons. The second kappa shape index (κ2) is 10.6. The lowest BCUT2D eigenvalue weighted by atomic mass is 9.90. The zero-order valence-corrected chi connectivity index (χ0v) is 23.6. The standard InChI is InChI=1S/C25H23IN4O5S2/c1-34-20-14-15(13-19(26)21(20)35-37(32,33)17-10-6-3-7-11-17)12-18-22(27)30-25(28-23(18)31)36-24(29-30)16-8-4-2-5-9-16/h3,6-7,10-14,16,27H,2,4-5,8-9H2,1H3/b18-12-,27-22?. The van der Waals surface area contributed by atoms with Gasteiger partial charge in [-0.15, -0.1) is 0 Å². The molecule has 1 amide bonds. The molecule has 12 heteroatoms. The molecule has 1 N–H and O–H groups in total. The van der Waals surface area contributed by atoms with Gasteiger partial charge in [-0.05, 0) is 83.1 Å². The summed E-state index contributed by atoms with van der Waals surface area (Å²) < 4.78 is 36.8. The van der Waals surface area contributed by atoms with Crippen molar-refractivity contribution in [2.75, 3.05) is 7.11 Å². The Morgan fingerprint density at radius 1 is 1.16 bits per heavy atom. The molecule has 9 nitrogen and oxygen atoms in total. The minimum atomic E-state index is -4.08. The molecule has 0 aromatic heterocycles. The van der Waals surface area contributed by atoms with E-state index in [1.54, 1.807) is 30.3 Å². The zero-order valence-electron chi connectivity index (χ0n) is 19.8. The molecule has 0 bridgehead atoms. The number of amides is 1. The van der Waals surface area contributed by atoms with E-state index >= 15 is 0 Å². The first-order chi connectivity index (χ1) is 17.8. The molecular weight excluding hydrogens is 627 g/mol. The van der Waals surface area contributed by atoms with Crippen LogP contribution < -0.4 is 8.92 Å². The maximum absolute atomic E-state index is 12.9. The summed E-state index contributed by atoms with van der Waals surface area (Å²) in [5.74, 6) is -0.0179. The predicted octanol–water partition coefficient (Wildman–Crippen LogP) is 5.27. The van der Waals surface area contributed by atoms with Gasteiger partial charge in [0.15, 0.2) is 17.3 Å². The number of carbonyl (C=O) groups excluding carboxylic acids is 1. The van der Waals surface area contributed by atoms with Gasteiger partial charge in [0.1, 0.15) is 9.94 Å². The van der Waals surface area contributed by atoms with E-state index in [4.69, 9.17) is 14.3 Å². The van der Waals surface area contributed by atoms with Crippen LogP contribution in [0.15, 0.2) is 63.0 Å². The second-order valence-electron chi connectivity index (χ2n) is 8.68. The first-order valence-corrected chi connectivity index (χ1v) is 14.9. The van der Waals surface area contributed by atoms with E-state index in [-0.39, 0.29) is 27.8 Å². The maximum Gasteiger partial charge on any atom is 0.339 e. The van der Waals surface area contributed by atoms with Crippen LogP contribution in [0.25, 0.3) is 6.08 Å². The van der Waals surface area contributed by atoms with E-state index in [0.29, 0.717) is 20.2 Å². The zero-order chi connectivity index (χ0) is 26.2. The van der Waals surface area contributed by atoms with E-state index in [9.17, 15) is 13.2 Å². The third-order valence-corrected chi connectivity index (χ3v) is 9.32. The molecule has 0 atom stereocenters. The Kier molecular flexibility index (Phi) is 7.41. The van der Waals surface area contributed by atoms with Crippen LogP contribution in [0.3, 0.4) is 0 Å². The van der Waals surface area contributed by atoms with Gasteiger partial charge in [0, 0.05) is 5.92 Å². The van der Waals surface area contributed by atoms with Crippen LogP contribution in [-0.2, 0) is 14.9 Å². The molecule has 1 fully saturated rings. The van der Waals surface area contributed by atoms with Gasteiger partial charge in [0.25, 0.3) is 5.91 Å². The van der Waals surface area contributed by atoms with Gasteiger partial charge < -0.3 is 8.92 Å². The quantitative estimate of drug-likeness (QED) is 0.257. The monoisotopic (exact) mass is 650 g/mol. The number of benzene rings is 2. The van der Waals surface area contributed by atoms with Crippen LogP contribution in [0.2, 0.25) is 0 Å². The number of nitrogens with one attached hydrogen (secondary N) is 1. The van der Waals surface area contributed by atoms with Crippen molar-refractivity contribution in [3.63, 3.8) is 0 Å². The van der Waals surface area contributed by atoms with Crippen molar-refractivity contribution in [1.82, 2.24) is 5.01 Å². The number of carbonyl (C=O) groups is 1. The molecular formula is C25H23IN4O5S2. The fraction of sp³-hybridized carbons (Fsp3) is 0.280. The van der Waals surface area contributed by atoms with Gasteiger partial charge in [0.2, 0.25) is 5.17 Å². The van der Waals surface area contributed by atoms with E-state index in [2.05, 4.69) is 10.1 Å². The Morgan fingerprint density at radius 2 is 1.89 bits per heavy atom. The molecule has 5 rings (SSSR count). The van der Waals surface area contributed by atoms with Crippen molar-refractivity contribution in [2.45, 2.75) is 37.0 Å². The number of ether oxygens (including phenoxy) is 1. The summed E-state index contributed by atoms with van der Waals surface area (Å²) in [7, 11) is -2.68. The number of thioether (sulfide) groups is 1. The van der Waals surface area contributed by atoms with E-state index in [0.717, 1.165) is 30.7 Å². The minimum Gasteiger partial charge on any atom is -0.493 e. The third kappa shape index (κ3) is 5.32. The van der Waals surface area contributed by atoms with E-state index < -0.39 is 16.0 Å².